The highest BCUT2D eigenvalue weighted by Gasteiger charge is 2.25. The lowest BCUT2D eigenvalue weighted by atomic mass is 10.0. The summed E-state index contributed by atoms with van der Waals surface area (Å²) in [5.74, 6) is 0.773. The van der Waals surface area contributed by atoms with Crippen LogP contribution >= 0.6 is 0 Å². The van der Waals surface area contributed by atoms with Crippen molar-refractivity contribution in [3.63, 3.8) is 0 Å². The Labute approximate surface area is 127 Å². The number of aryl methyl sites for hydroxylation is 1. The Morgan fingerprint density at radius 2 is 2.00 bits per heavy atom. The second-order valence-corrected chi connectivity index (χ2v) is 5.80. The van der Waals surface area contributed by atoms with Crippen LogP contribution in [-0.4, -0.2) is 47.8 Å². The van der Waals surface area contributed by atoms with Gasteiger partial charge in [-0.05, 0) is 45.3 Å². The second kappa shape index (κ2) is 6.86. The first-order valence-electron chi connectivity index (χ1n) is 7.86. The maximum absolute atomic E-state index is 9.63. The molecule has 1 aromatic rings. The Balaban J connectivity index is 2.46. The lowest BCUT2D eigenvalue weighted by Crippen LogP contribution is -2.39. The summed E-state index contributed by atoms with van der Waals surface area (Å²) >= 11 is 0. The Bertz CT molecular complexity index is 534. The Kier molecular flexibility index (Phi) is 5.13. The van der Waals surface area contributed by atoms with Gasteiger partial charge in [-0.25, -0.2) is 0 Å². The van der Waals surface area contributed by atoms with Gasteiger partial charge in [0.25, 0.3) is 0 Å². The highest BCUT2D eigenvalue weighted by atomic mass is 15.3. The third kappa shape index (κ3) is 3.16. The number of rotatable bonds is 3. The molecule has 2 heterocycles. The highest BCUT2D eigenvalue weighted by molar-refractivity contribution is 5.58. The van der Waals surface area contributed by atoms with E-state index in [1.54, 1.807) is 0 Å². The summed E-state index contributed by atoms with van der Waals surface area (Å²) in [6, 6.07) is 2.73. The molecule has 5 heteroatoms. The third-order valence-electron chi connectivity index (χ3n) is 4.26. The number of likely N-dealkylation sites (N-methyl/N-ethyl adjacent to an activating group) is 1. The van der Waals surface area contributed by atoms with Gasteiger partial charge < -0.3 is 9.80 Å². The maximum atomic E-state index is 9.63. The molecule has 1 aliphatic heterocycles. The molecule has 1 saturated heterocycles. The maximum Gasteiger partial charge on any atom is 0.169 e. The van der Waals surface area contributed by atoms with Crippen LogP contribution in [0.2, 0.25) is 0 Å². The van der Waals surface area contributed by atoms with Gasteiger partial charge >= 0.3 is 0 Å². The zero-order valence-corrected chi connectivity index (χ0v) is 13.6. The van der Waals surface area contributed by atoms with Gasteiger partial charge in [0.2, 0.25) is 0 Å². The number of nitriles is 1. The topological polar surface area (TPSA) is 56.1 Å². The lowest BCUT2D eigenvalue weighted by molar-refractivity contribution is 0.337. The number of nitrogens with zero attached hydrogens (tertiary/aromatic N) is 5. The quantitative estimate of drug-likeness (QED) is 0.851. The van der Waals surface area contributed by atoms with E-state index in [1.807, 2.05) is 0 Å². The van der Waals surface area contributed by atoms with Crippen molar-refractivity contribution in [2.45, 2.75) is 46.1 Å². The van der Waals surface area contributed by atoms with Gasteiger partial charge in [0.15, 0.2) is 5.82 Å². The molecule has 0 spiro atoms. The van der Waals surface area contributed by atoms with Crippen LogP contribution in [0, 0.1) is 11.3 Å². The van der Waals surface area contributed by atoms with Gasteiger partial charge in [0.1, 0.15) is 11.6 Å². The van der Waals surface area contributed by atoms with Crippen LogP contribution in [0.25, 0.3) is 0 Å². The molecule has 0 aliphatic carbocycles. The first-order valence-corrected chi connectivity index (χ1v) is 7.86. The minimum Gasteiger partial charge on any atom is -0.350 e. The fourth-order valence-corrected chi connectivity index (χ4v) is 3.17. The standard InChI is InChI=1S/C16H25N5/c1-5-13-14(10-17)16(19-18-15(13)6-2)21-9-7-8-20(4)11-12(21)3/h12H,5-9,11H2,1-4H3. The van der Waals surface area contributed by atoms with Crippen molar-refractivity contribution in [2.24, 2.45) is 0 Å². The van der Waals surface area contributed by atoms with Gasteiger partial charge in [0.05, 0.1) is 5.69 Å². The average molecular weight is 287 g/mol. The van der Waals surface area contributed by atoms with E-state index in [-0.39, 0.29) is 0 Å². The fourth-order valence-electron chi connectivity index (χ4n) is 3.17. The predicted octanol–water partition coefficient (Wildman–Crippen LogP) is 2.00. The van der Waals surface area contributed by atoms with Crippen molar-refractivity contribution in [2.75, 3.05) is 31.6 Å². The van der Waals surface area contributed by atoms with Crippen molar-refractivity contribution in [3.05, 3.63) is 16.8 Å². The molecular weight excluding hydrogens is 262 g/mol. The molecule has 2 rings (SSSR count). The zero-order valence-electron chi connectivity index (χ0n) is 13.6. The van der Waals surface area contributed by atoms with E-state index in [1.165, 1.54) is 0 Å². The van der Waals surface area contributed by atoms with Crippen molar-refractivity contribution in [1.29, 1.82) is 5.26 Å². The van der Waals surface area contributed by atoms with Gasteiger partial charge in [0, 0.05) is 19.1 Å². The van der Waals surface area contributed by atoms with E-state index in [0.717, 1.165) is 61.5 Å². The summed E-state index contributed by atoms with van der Waals surface area (Å²) in [4.78, 5) is 4.60. The molecule has 0 saturated carbocycles. The fraction of sp³-hybridized carbons (Fsp3) is 0.688. The van der Waals surface area contributed by atoms with E-state index < -0.39 is 0 Å². The van der Waals surface area contributed by atoms with Crippen LogP contribution in [0.3, 0.4) is 0 Å². The van der Waals surface area contributed by atoms with E-state index >= 15 is 0 Å². The summed E-state index contributed by atoms with van der Waals surface area (Å²) in [6.07, 6.45) is 2.74. The number of hydrogen-bond donors (Lipinski definition) is 0. The smallest absolute Gasteiger partial charge is 0.169 e. The summed E-state index contributed by atoms with van der Waals surface area (Å²) in [5, 5.41) is 18.4. The number of aromatic nitrogens is 2. The largest absolute Gasteiger partial charge is 0.350 e. The minimum atomic E-state index is 0.344. The number of anilines is 1. The van der Waals surface area contributed by atoms with E-state index in [4.69, 9.17) is 0 Å². The molecule has 0 bridgehead atoms. The molecule has 1 aromatic heterocycles. The van der Waals surface area contributed by atoms with Crippen LogP contribution in [-0.2, 0) is 12.8 Å². The van der Waals surface area contributed by atoms with Crippen LogP contribution < -0.4 is 4.90 Å². The summed E-state index contributed by atoms with van der Waals surface area (Å²) < 4.78 is 0. The molecule has 114 valence electrons. The molecule has 0 N–H and O–H groups in total. The van der Waals surface area contributed by atoms with Gasteiger partial charge in [-0.2, -0.15) is 10.4 Å². The van der Waals surface area contributed by atoms with Crippen molar-refractivity contribution in [3.8, 4) is 6.07 Å². The molecule has 1 unspecified atom stereocenters. The molecule has 1 atom stereocenters. The normalized spacial score (nSPS) is 20.1. The van der Waals surface area contributed by atoms with E-state index in [9.17, 15) is 5.26 Å². The molecular formula is C16H25N5. The van der Waals surface area contributed by atoms with Gasteiger partial charge in [-0.15, -0.1) is 5.10 Å². The van der Waals surface area contributed by atoms with Crippen molar-refractivity contribution in [1.82, 2.24) is 15.1 Å². The monoisotopic (exact) mass is 287 g/mol. The molecule has 1 aliphatic rings. The Hall–Kier alpha value is -1.67. The molecule has 21 heavy (non-hydrogen) atoms. The third-order valence-corrected chi connectivity index (χ3v) is 4.26. The zero-order chi connectivity index (χ0) is 15.4. The summed E-state index contributed by atoms with van der Waals surface area (Å²) in [5.41, 5.74) is 2.74. The summed E-state index contributed by atoms with van der Waals surface area (Å²) in [6.45, 7) is 9.36. The van der Waals surface area contributed by atoms with Crippen LogP contribution in [0.15, 0.2) is 0 Å². The van der Waals surface area contributed by atoms with Crippen LogP contribution in [0.5, 0.6) is 0 Å². The second-order valence-electron chi connectivity index (χ2n) is 5.80. The Morgan fingerprint density at radius 3 is 2.62 bits per heavy atom. The van der Waals surface area contributed by atoms with Crippen LogP contribution in [0.1, 0.15) is 44.0 Å². The SMILES string of the molecule is CCc1nnc(N2CCCN(C)CC2C)c(C#N)c1CC. The van der Waals surface area contributed by atoms with Gasteiger partial charge in [-0.1, -0.05) is 13.8 Å². The highest BCUT2D eigenvalue weighted by Crippen LogP contribution is 2.26. The predicted molar refractivity (Wildman–Crippen MR) is 84.4 cm³/mol. The van der Waals surface area contributed by atoms with Crippen LogP contribution in [0.4, 0.5) is 5.82 Å². The molecule has 0 aromatic carbocycles. The Morgan fingerprint density at radius 1 is 1.24 bits per heavy atom. The average Bonchev–Trinajstić information content (AvgIpc) is 2.65. The van der Waals surface area contributed by atoms with E-state index in [2.05, 4.69) is 53.9 Å². The minimum absolute atomic E-state index is 0.344. The number of hydrogen-bond acceptors (Lipinski definition) is 5. The molecule has 0 amide bonds. The summed E-state index contributed by atoms with van der Waals surface area (Å²) in [7, 11) is 2.15. The van der Waals surface area contributed by atoms with Crippen molar-refractivity contribution < 1.29 is 0 Å². The van der Waals surface area contributed by atoms with E-state index in [0.29, 0.717) is 6.04 Å². The van der Waals surface area contributed by atoms with Gasteiger partial charge in [-0.3, -0.25) is 0 Å². The first kappa shape index (κ1) is 15.7. The molecule has 0 radical (unpaired) electrons. The first-order chi connectivity index (χ1) is 10.1. The molecule has 1 fully saturated rings. The lowest BCUT2D eigenvalue weighted by Gasteiger charge is -2.30. The van der Waals surface area contributed by atoms with Crippen molar-refractivity contribution >= 4 is 5.82 Å². The molecule has 5 nitrogen and oxygen atoms in total.